The average molecular weight is 477 g/mol. The molecule has 0 N–H and O–H groups in total. The summed E-state index contributed by atoms with van der Waals surface area (Å²) in [5.74, 6) is 1.19. The zero-order chi connectivity index (χ0) is 24.4. The van der Waals surface area contributed by atoms with Crippen LogP contribution in [0.5, 0.6) is 17.2 Å². The number of sulfonamides is 1. The van der Waals surface area contributed by atoms with Crippen LogP contribution in [0, 0.1) is 13.8 Å². The van der Waals surface area contributed by atoms with Gasteiger partial charge in [-0.2, -0.15) is 4.31 Å². The van der Waals surface area contributed by atoms with E-state index in [1.807, 2.05) is 32.0 Å². The monoisotopic (exact) mass is 476 g/mol. The summed E-state index contributed by atoms with van der Waals surface area (Å²) < 4.78 is 45.2. The van der Waals surface area contributed by atoms with E-state index in [0.29, 0.717) is 11.5 Å². The fraction of sp³-hybridized carbons (Fsp3) is 0.458. The number of rotatable bonds is 5. The highest BCUT2D eigenvalue weighted by Crippen LogP contribution is 2.35. The Kier molecular flexibility index (Phi) is 7.23. The minimum absolute atomic E-state index is 0.0201. The van der Waals surface area contributed by atoms with Crippen molar-refractivity contribution in [2.24, 2.45) is 0 Å². The molecule has 180 valence electrons. The van der Waals surface area contributed by atoms with Crippen molar-refractivity contribution < 1.29 is 27.4 Å². The Morgan fingerprint density at radius 3 is 2.06 bits per heavy atom. The number of carbonyl (C=O) groups is 1. The molecule has 1 saturated heterocycles. The lowest BCUT2D eigenvalue weighted by Crippen LogP contribution is -2.51. The van der Waals surface area contributed by atoms with Crippen LogP contribution in [-0.4, -0.2) is 62.6 Å². The zero-order valence-electron chi connectivity index (χ0n) is 20.0. The van der Waals surface area contributed by atoms with Gasteiger partial charge in [-0.3, -0.25) is 0 Å². The lowest BCUT2D eigenvalue weighted by molar-refractivity contribution is 0.0192. The summed E-state index contributed by atoms with van der Waals surface area (Å²) >= 11 is 0. The Morgan fingerprint density at radius 2 is 1.52 bits per heavy atom. The fourth-order valence-corrected chi connectivity index (χ4v) is 5.15. The van der Waals surface area contributed by atoms with E-state index >= 15 is 0 Å². The van der Waals surface area contributed by atoms with Crippen LogP contribution in [0.2, 0.25) is 0 Å². The van der Waals surface area contributed by atoms with Crippen LogP contribution >= 0.6 is 0 Å². The van der Waals surface area contributed by atoms with Crippen molar-refractivity contribution in [2.45, 2.75) is 45.1 Å². The Labute approximate surface area is 196 Å². The first kappa shape index (κ1) is 24.9. The van der Waals surface area contributed by atoms with Crippen LogP contribution in [0.25, 0.3) is 0 Å². The largest absolute Gasteiger partial charge is 0.497 e. The molecule has 1 amide bonds. The molecule has 0 spiro atoms. The molecule has 2 aromatic carbocycles. The molecule has 0 bridgehead atoms. The van der Waals surface area contributed by atoms with E-state index in [9.17, 15) is 13.2 Å². The smallest absolute Gasteiger partial charge is 0.410 e. The molecule has 0 aliphatic carbocycles. The molecule has 8 nitrogen and oxygen atoms in total. The molecule has 0 unspecified atom stereocenters. The number of methoxy groups -OCH3 is 1. The second-order valence-corrected chi connectivity index (χ2v) is 11.0. The quantitative estimate of drug-likeness (QED) is 0.638. The molecule has 9 heteroatoms. The number of piperazine rings is 1. The highest BCUT2D eigenvalue weighted by atomic mass is 32.2. The third-order valence-electron chi connectivity index (χ3n) is 5.08. The predicted octanol–water partition coefficient (Wildman–Crippen LogP) is 4.35. The summed E-state index contributed by atoms with van der Waals surface area (Å²) in [6.45, 7) is 10.1. The van der Waals surface area contributed by atoms with Crippen molar-refractivity contribution >= 4 is 16.1 Å². The maximum Gasteiger partial charge on any atom is 0.410 e. The molecule has 0 saturated carbocycles. The summed E-state index contributed by atoms with van der Waals surface area (Å²) in [4.78, 5) is 13.9. The van der Waals surface area contributed by atoms with Crippen LogP contribution in [-0.2, 0) is 14.8 Å². The second-order valence-electron chi connectivity index (χ2n) is 9.11. The van der Waals surface area contributed by atoms with E-state index in [2.05, 4.69) is 0 Å². The van der Waals surface area contributed by atoms with Crippen LogP contribution in [0.3, 0.4) is 0 Å². The maximum absolute atomic E-state index is 13.6. The van der Waals surface area contributed by atoms with Gasteiger partial charge in [-0.15, -0.1) is 0 Å². The highest BCUT2D eigenvalue weighted by molar-refractivity contribution is 7.89. The van der Waals surface area contributed by atoms with E-state index in [1.165, 1.54) is 22.4 Å². The molecule has 0 radical (unpaired) electrons. The number of benzene rings is 2. The van der Waals surface area contributed by atoms with Gasteiger partial charge in [0.25, 0.3) is 0 Å². The second kappa shape index (κ2) is 9.61. The molecular weight excluding hydrogens is 444 g/mol. The minimum atomic E-state index is -3.90. The Balaban J connectivity index is 1.84. The number of carbonyl (C=O) groups excluding carboxylic acids is 1. The molecule has 2 aromatic rings. The Hall–Kier alpha value is -2.78. The van der Waals surface area contributed by atoms with Crippen LogP contribution < -0.4 is 9.47 Å². The standard InChI is InChI=1S/C24H32N2O6S/c1-17-13-18(2)15-20(14-17)31-21-8-7-19(30-6)16-22(21)33(28,29)26-11-9-25(10-12-26)23(27)32-24(3,4)5/h7-8,13-16H,9-12H2,1-6H3. The van der Waals surface area contributed by atoms with Crippen molar-refractivity contribution in [1.29, 1.82) is 0 Å². The number of nitrogens with zero attached hydrogens (tertiary/aromatic N) is 2. The third-order valence-corrected chi connectivity index (χ3v) is 7.00. The van der Waals surface area contributed by atoms with Gasteiger partial charge in [-0.05, 0) is 70.0 Å². The molecule has 1 heterocycles. The van der Waals surface area contributed by atoms with Crippen molar-refractivity contribution in [3.63, 3.8) is 0 Å². The van der Waals surface area contributed by atoms with Crippen LogP contribution in [0.1, 0.15) is 31.9 Å². The predicted molar refractivity (Wildman–Crippen MR) is 126 cm³/mol. The van der Waals surface area contributed by atoms with E-state index in [0.717, 1.165) is 11.1 Å². The van der Waals surface area contributed by atoms with Gasteiger partial charge in [0.1, 0.15) is 27.7 Å². The topological polar surface area (TPSA) is 85.4 Å². The van der Waals surface area contributed by atoms with Gasteiger partial charge in [-0.25, -0.2) is 13.2 Å². The van der Waals surface area contributed by atoms with Gasteiger partial charge >= 0.3 is 6.09 Å². The van der Waals surface area contributed by atoms with Gasteiger partial charge in [0.15, 0.2) is 0 Å². The average Bonchev–Trinajstić information content (AvgIpc) is 2.72. The van der Waals surface area contributed by atoms with Gasteiger partial charge in [0.2, 0.25) is 10.0 Å². The fourth-order valence-electron chi connectivity index (χ4n) is 3.60. The maximum atomic E-state index is 13.6. The van der Waals surface area contributed by atoms with Gasteiger partial charge in [0, 0.05) is 32.2 Å². The number of hydrogen-bond acceptors (Lipinski definition) is 6. The number of aryl methyl sites for hydroxylation is 2. The van der Waals surface area contributed by atoms with Gasteiger partial charge in [0.05, 0.1) is 7.11 Å². The number of hydrogen-bond donors (Lipinski definition) is 0. The first-order chi connectivity index (χ1) is 15.4. The molecule has 1 fully saturated rings. The Bertz CT molecular complexity index is 1100. The summed E-state index contributed by atoms with van der Waals surface area (Å²) in [6, 6.07) is 10.5. The lowest BCUT2D eigenvalue weighted by atomic mass is 10.1. The molecule has 0 aromatic heterocycles. The summed E-state index contributed by atoms with van der Waals surface area (Å²) in [6.07, 6.45) is -0.445. The zero-order valence-corrected chi connectivity index (χ0v) is 20.9. The minimum Gasteiger partial charge on any atom is -0.497 e. The third kappa shape index (κ3) is 6.17. The summed E-state index contributed by atoms with van der Waals surface area (Å²) in [7, 11) is -2.42. The van der Waals surface area contributed by atoms with E-state index in [-0.39, 0.29) is 36.8 Å². The SMILES string of the molecule is COc1ccc(Oc2cc(C)cc(C)c2)c(S(=O)(=O)N2CCN(C(=O)OC(C)(C)C)CC2)c1. The Morgan fingerprint density at radius 1 is 0.909 bits per heavy atom. The van der Waals surface area contributed by atoms with Crippen LogP contribution in [0.15, 0.2) is 41.3 Å². The normalized spacial score (nSPS) is 15.3. The first-order valence-corrected chi connectivity index (χ1v) is 12.3. The molecule has 1 aliphatic rings. The van der Waals surface area contributed by atoms with E-state index in [1.54, 1.807) is 32.9 Å². The van der Waals surface area contributed by atoms with Crippen molar-refractivity contribution in [2.75, 3.05) is 33.3 Å². The van der Waals surface area contributed by atoms with Crippen LogP contribution in [0.4, 0.5) is 4.79 Å². The van der Waals surface area contributed by atoms with Crippen molar-refractivity contribution in [3.05, 3.63) is 47.5 Å². The molecule has 33 heavy (non-hydrogen) atoms. The first-order valence-electron chi connectivity index (χ1n) is 10.8. The van der Waals surface area contributed by atoms with Gasteiger partial charge in [-0.1, -0.05) is 6.07 Å². The molecular formula is C24H32N2O6S. The summed E-state index contributed by atoms with van der Waals surface area (Å²) in [5.41, 5.74) is 1.42. The number of amides is 1. The van der Waals surface area contributed by atoms with Gasteiger partial charge < -0.3 is 19.1 Å². The number of ether oxygens (including phenoxy) is 3. The molecule has 1 aliphatic heterocycles. The summed E-state index contributed by atoms with van der Waals surface area (Å²) in [5, 5.41) is 0. The molecule has 0 atom stereocenters. The van der Waals surface area contributed by atoms with E-state index < -0.39 is 21.7 Å². The van der Waals surface area contributed by atoms with Crippen molar-refractivity contribution in [1.82, 2.24) is 9.21 Å². The lowest BCUT2D eigenvalue weighted by Gasteiger charge is -2.35. The highest BCUT2D eigenvalue weighted by Gasteiger charge is 2.34. The van der Waals surface area contributed by atoms with E-state index in [4.69, 9.17) is 14.2 Å². The van der Waals surface area contributed by atoms with Crippen molar-refractivity contribution in [3.8, 4) is 17.2 Å². The molecule has 3 rings (SSSR count).